The summed E-state index contributed by atoms with van der Waals surface area (Å²) in [5.74, 6) is 0.0423. The number of anilines is 2. The van der Waals surface area contributed by atoms with Crippen molar-refractivity contribution in [1.82, 2.24) is 9.80 Å². The Morgan fingerprint density at radius 1 is 0.816 bits per heavy atom. The van der Waals surface area contributed by atoms with Gasteiger partial charge in [0.05, 0.1) is 11.4 Å². The minimum atomic E-state index is -0.278. The predicted molar refractivity (Wildman–Crippen MR) is 146 cm³/mol. The minimum absolute atomic E-state index is 0.0482. The lowest BCUT2D eigenvalue weighted by molar-refractivity contribution is -0.134. The maximum atomic E-state index is 13.4. The molecular formula is C30H36N4O4. The zero-order valence-corrected chi connectivity index (χ0v) is 22.2. The normalized spacial score (nSPS) is 18.4. The van der Waals surface area contributed by atoms with Crippen LogP contribution in [0.4, 0.5) is 11.4 Å². The predicted octanol–water partition coefficient (Wildman–Crippen LogP) is 3.86. The molecule has 0 saturated carbocycles. The van der Waals surface area contributed by atoms with Crippen LogP contribution in [0.5, 0.6) is 0 Å². The van der Waals surface area contributed by atoms with Gasteiger partial charge in [-0.25, -0.2) is 0 Å². The van der Waals surface area contributed by atoms with Crippen molar-refractivity contribution < 1.29 is 19.2 Å². The standard InChI is InChI=1S/C30H36N4O4/c1-20(35)31-26-8-7-25(18-27(26)32-21(2)36)29(38)34-14-11-30(19-34)9-12-33(13-10-30)28(37)17-22-15-23-5-3-4-6-24(23)16-22/h3-8,18,22H,9-17,19H2,1-2H3,(H,31,35)(H,32,36). The van der Waals surface area contributed by atoms with Gasteiger partial charge in [-0.3, -0.25) is 19.2 Å². The van der Waals surface area contributed by atoms with Crippen molar-refractivity contribution in [2.45, 2.75) is 52.4 Å². The molecule has 8 heteroatoms. The van der Waals surface area contributed by atoms with Gasteiger partial charge in [-0.1, -0.05) is 24.3 Å². The first-order chi connectivity index (χ1) is 18.2. The molecule has 2 saturated heterocycles. The molecule has 2 N–H and O–H groups in total. The summed E-state index contributed by atoms with van der Waals surface area (Å²) in [6.45, 7) is 5.63. The lowest BCUT2D eigenvalue weighted by Crippen LogP contribution is -2.45. The van der Waals surface area contributed by atoms with Crippen LogP contribution in [0.2, 0.25) is 0 Å². The van der Waals surface area contributed by atoms with E-state index in [1.54, 1.807) is 18.2 Å². The third-order valence-corrected chi connectivity index (χ3v) is 8.39. The molecule has 2 aliphatic heterocycles. The van der Waals surface area contributed by atoms with E-state index in [2.05, 4.69) is 34.9 Å². The van der Waals surface area contributed by atoms with Gasteiger partial charge in [0.25, 0.3) is 5.91 Å². The highest BCUT2D eigenvalue weighted by Crippen LogP contribution is 2.41. The summed E-state index contributed by atoms with van der Waals surface area (Å²) in [6.07, 6.45) is 5.34. The van der Waals surface area contributed by atoms with Gasteiger partial charge in [0.1, 0.15) is 0 Å². The Bertz CT molecular complexity index is 1240. The molecule has 0 unspecified atom stereocenters. The monoisotopic (exact) mass is 516 g/mol. The number of carbonyl (C=O) groups is 4. The molecular weight excluding hydrogens is 480 g/mol. The molecule has 5 rings (SSSR count). The number of likely N-dealkylation sites (tertiary alicyclic amines) is 2. The third-order valence-electron chi connectivity index (χ3n) is 8.39. The number of rotatable bonds is 5. The van der Waals surface area contributed by atoms with Crippen molar-refractivity contribution in [2.24, 2.45) is 11.3 Å². The molecule has 0 radical (unpaired) electrons. The average molecular weight is 517 g/mol. The summed E-state index contributed by atoms with van der Waals surface area (Å²) in [6, 6.07) is 13.5. The fraction of sp³-hybridized carbons (Fsp3) is 0.467. The van der Waals surface area contributed by atoms with Crippen LogP contribution in [-0.2, 0) is 27.2 Å². The zero-order chi connectivity index (χ0) is 26.9. The molecule has 0 aromatic heterocycles. The van der Waals surface area contributed by atoms with E-state index < -0.39 is 0 Å². The summed E-state index contributed by atoms with van der Waals surface area (Å²) in [7, 11) is 0. The van der Waals surface area contributed by atoms with E-state index in [0.717, 1.165) is 45.2 Å². The first-order valence-electron chi connectivity index (χ1n) is 13.5. The van der Waals surface area contributed by atoms with Gasteiger partial charge in [-0.15, -0.1) is 0 Å². The molecule has 38 heavy (non-hydrogen) atoms. The maximum Gasteiger partial charge on any atom is 0.253 e. The van der Waals surface area contributed by atoms with Gasteiger partial charge in [0.15, 0.2) is 0 Å². The highest BCUT2D eigenvalue weighted by atomic mass is 16.2. The molecule has 3 aliphatic rings. The topological polar surface area (TPSA) is 98.8 Å². The maximum absolute atomic E-state index is 13.4. The van der Waals surface area contributed by atoms with E-state index in [9.17, 15) is 19.2 Å². The van der Waals surface area contributed by atoms with Crippen molar-refractivity contribution in [3.63, 3.8) is 0 Å². The van der Waals surface area contributed by atoms with Crippen molar-refractivity contribution >= 4 is 35.0 Å². The van der Waals surface area contributed by atoms with Crippen molar-refractivity contribution in [2.75, 3.05) is 36.8 Å². The summed E-state index contributed by atoms with van der Waals surface area (Å²) >= 11 is 0. The SMILES string of the molecule is CC(=O)Nc1ccc(C(=O)N2CCC3(CCN(C(=O)CC4Cc5ccccc5C4)CC3)C2)cc1NC(C)=O. The molecule has 2 aromatic rings. The summed E-state index contributed by atoms with van der Waals surface area (Å²) in [5.41, 5.74) is 4.16. The molecule has 2 fully saturated rings. The van der Waals surface area contributed by atoms with E-state index in [0.29, 0.717) is 42.4 Å². The highest BCUT2D eigenvalue weighted by molar-refractivity contribution is 6.02. The Morgan fingerprint density at radius 2 is 1.39 bits per heavy atom. The summed E-state index contributed by atoms with van der Waals surface area (Å²) in [5, 5.41) is 5.40. The zero-order valence-electron chi connectivity index (χ0n) is 22.2. The van der Waals surface area contributed by atoms with Crippen LogP contribution in [0.25, 0.3) is 0 Å². The minimum Gasteiger partial charge on any atom is -0.343 e. The van der Waals surface area contributed by atoms with E-state index in [1.807, 2.05) is 9.80 Å². The molecule has 2 aromatic carbocycles. The van der Waals surface area contributed by atoms with Crippen LogP contribution in [0.1, 0.15) is 61.0 Å². The average Bonchev–Trinajstić information content (AvgIpc) is 3.48. The molecule has 1 aliphatic carbocycles. The van der Waals surface area contributed by atoms with E-state index in [1.165, 1.54) is 25.0 Å². The van der Waals surface area contributed by atoms with Crippen LogP contribution < -0.4 is 10.6 Å². The quantitative estimate of drug-likeness (QED) is 0.630. The molecule has 8 nitrogen and oxygen atoms in total. The third kappa shape index (κ3) is 5.59. The van der Waals surface area contributed by atoms with Crippen LogP contribution in [0, 0.1) is 11.3 Å². The number of benzene rings is 2. The Balaban J connectivity index is 1.16. The van der Waals surface area contributed by atoms with E-state index in [-0.39, 0.29) is 29.0 Å². The van der Waals surface area contributed by atoms with Gasteiger partial charge in [0, 0.05) is 52.0 Å². The van der Waals surface area contributed by atoms with Gasteiger partial charge in [-0.2, -0.15) is 0 Å². The highest BCUT2D eigenvalue weighted by Gasteiger charge is 2.43. The number of nitrogens with zero attached hydrogens (tertiary/aromatic N) is 2. The Kier molecular flexibility index (Phi) is 7.23. The molecule has 200 valence electrons. The second-order valence-electron chi connectivity index (χ2n) is 11.2. The number of piperidine rings is 1. The van der Waals surface area contributed by atoms with Crippen molar-refractivity contribution in [3.05, 3.63) is 59.2 Å². The number of hydrogen-bond donors (Lipinski definition) is 2. The summed E-state index contributed by atoms with van der Waals surface area (Å²) in [4.78, 5) is 53.5. The summed E-state index contributed by atoms with van der Waals surface area (Å²) < 4.78 is 0. The van der Waals surface area contributed by atoms with Crippen LogP contribution in [0.15, 0.2) is 42.5 Å². The number of fused-ring (bicyclic) bond motifs is 1. The van der Waals surface area contributed by atoms with Crippen molar-refractivity contribution in [1.29, 1.82) is 0 Å². The van der Waals surface area contributed by atoms with E-state index in [4.69, 9.17) is 0 Å². The van der Waals surface area contributed by atoms with Gasteiger partial charge in [-0.05, 0) is 72.8 Å². The second kappa shape index (κ2) is 10.6. The Morgan fingerprint density at radius 3 is 2.00 bits per heavy atom. The molecule has 2 heterocycles. The van der Waals surface area contributed by atoms with Gasteiger partial charge < -0.3 is 20.4 Å². The molecule has 0 atom stereocenters. The Hall–Kier alpha value is -3.68. The van der Waals surface area contributed by atoms with Gasteiger partial charge in [0.2, 0.25) is 17.7 Å². The smallest absolute Gasteiger partial charge is 0.253 e. The van der Waals surface area contributed by atoms with E-state index >= 15 is 0 Å². The number of carbonyl (C=O) groups excluding carboxylic acids is 4. The molecule has 0 bridgehead atoms. The van der Waals surface area contributed by atoms with Crippen LogP contribution in [0.3, 0.4) is 0 Å². The molecule has 1 spiro atoms. The second-order valence-corrected chi connectivity index (χ2v) is 11.2. The largest absolute Gasteiger partial charge is 0.343 e. The van der Waals surface area contributed by atoms with Crippen LogP contribution >= 0.6 is 0 Å². The fourth-order valence-electron chi connectivity index (χ4n) is 6.37. The first-order valence-corrected chi connectivity index (χ1v) is 13.5. The first kappa shape index (κ1) is 25.9. The van der Waals surface area contributed by atoms with Crippen LogP contribution in [-0.4, -0.2) is 59.6 Å². The lowest BCUT2D eigenvalue weighted by atomic mass is 9.77. The van der Waals surface area contributed by atoms with Gasteiger partial charge >= 0.3 is 0 Å². The lowest BCUT2D eigenvalue weighted by Gasteiger charge is -2.39. The van der Waals surface area contributed by atoms with Crippen molar-refractivity contribution in [3.8, 4) is 0 Å². The molecule has 4 amide bonds. The number of amides is 4. The number of nitrogens with one attached hydrogen (secondary N) is 2. The number of hydrogen-bond acceptors (Lipinski definition) is 4. The fourth-order valence-corrected chi connectivity index (χ4v) is 6.37. The Labute approximate surface area is 223 Å².